The summed E-state index contributed by atoms with van der Waals surface area (Å²) in [6, 6.07) is 7.98. The van der Waals surface area contributed by atoms with Gasteiger partial charge in [0.15, 0.2) is 5.82 Å². The van der Waals surface area contributed by atoms with Crippen LogP contribution in [0.15, 0.2) is 42.9 Å². The average Bonchev–Trinajstić information content (AvgIpc) is 2.57. The molecule has 120 valence electrons. The highest BCUT2D eigenvalue weighted by Crippen LogP contribution is 2.26. The van der Waals surface area contributed by atoms with Gasteiger partial charge in [-0.2, -0.15) is 4.98 Å². The molecular weight excluding hydrogens is 351 g/mol. The minimum absolute atomic E-state index is 0.103. The maximum atomic E-state index is 12.2. The van der Waals surface area contributed by atoms with Crippen LogP contribution >= 0.6 is 23.2 Å². The molecule has 0 saturated heterocycles. The number of hydrogen-bond donors (Lipinski definition) is 2. The molecule has 3 N–H and O–H groups in total. The van der Waals surface area contributed by atoms with E-state index < -0.39 is 5.91 Å². The number of carbonyl (C=O) groups excluding carboxylic acids is 1. The van der Waals surface area contributed by atoms with Gasteiger partial charge in [0, 0.05) is 17.3 Å². The van der Waals surface area contributed by atoms with E-state index in [4.69, 9.17) is 28.9 Å². The summed E-state index contributed by atoms with van der Waals surface area (Å²) in [7, 11) is 0. The number of hydrogen-bond acceptors (Lipinski definition) is 6. The molecule has 0 saturated carbocycles. The summed E-state index contributed by atoms with van der Waals surface area (Å²) < 4.78 is 0. The minimum Gasteiger partial charge on any atom is -0.384 e. The smallest absolute Gasteiger partial charge is 0.258 e. The maximum Gasteiger partial charge on any atom is 0.258 e. The van der Waals surface area contributed by atoms with E-state index in [1.54, 1.807) is 18.2 Å². The van der Waals surface area contributed by atoms with Crippen LogP contribution in [0, 0.1) is 0 Å². The molecule has 0 bridgehead atoms. The number of carbonyl (C=O) groups is 1. The predicted octanol–water partition coefficient (Wildman–Crippen LogP) is 3.07. The number of nitrogens with zero attached hydrogens (tertiary/aromatic N) is 4. The van der Waals surface area contributed by atoms with Crippen LogP contribution in [0.2, 0.25) is 10.0 Å². The molecule has 2 heterocycles. The SMILES string of the molecule is Nc1cc(C(=O)Nc2ncnc(-c3ccc(Cl)c(Cl)c3)n2)ccn1. The van der Waals surface area contributed by atoms with Crippen LogP contribution in [-0.2, 0) is 0 Å². The van der Waals surface area contributed by atoms with E-state index in [2.05, 4.69) is 25.3 Å². The van der Waals surface area contributed by atoms with Crippen molar-refractivity contribution in [1.82, 2.24) is 19.9 Å². The third kappa shape index (κ3) is 3.58. The molecule has 0 aliphatic heterocycles. The van der Waals surface area contributed by atoms with Crippen molar-refractivity contribution < 1.29 is 4.79 Å². The molecule has 0 spiro atoms. The Bertz CT molecular complexity index is 918. The quantitative estimate of drug-likeness (QED) is 0.743. The van der Waals surface area contributed by atoms with Crippen LogP contribution in [0.1, 0.15) is 10.4 Å². The largest absolute Gasteiger partial charge is 0.384 e. The summed E-state index contributed by atoms with van der Waals surface area (Å²) in [5.74, 6) is 0.296. The van der Waals surface area contributed by atoms with Crippen LogP contribution in [0.4, 0.5) is 11.8 Å². The Labute approximate surface area is 146 Å². The van der Waals surface area contributed by atoms with Crippen LogP contribution in [0.5, 0.6) is 0 Å². The number of benzene rings is 1. The molecule has 3 aromatic rings. The molecule has 0 radical (unpaired) electrons. The normalized spacial score (nSPS) is 10.4. The van der Waals surface area contributed by atoms with E-state index in [0.717, 1.165) is 0 Å². The monoisotopic (exact) mass is 360 g/mol. The van der Waals surface area contributed by atoms with Crippen LogP contribution in [0.3, 0.4) is 0 Å². The van der Waals surface area contributed by atoms with Gasteiger partial charge < -0.3 is 5.73 Å². The number of rotatable bonds is 3. The summed E-state index contributed by atoms with van der Waals surface area (Å²) in [5, 5.41) is 3.39. The molecule has 24 heavy (non-hydrogen) atoms. The van der Waals surface area contributed by atoms with E-state index in [-0.39, 0.29) is 11.8 Å². The van der Waals surface area contributed by atoms with Crippen molar-refractivity contribution in [2.45, 2.75) is 0 Å². The third-order valence-corrected chi connectivity index (χ3v) is 3.76. The van der Waals surface area contributed by atoms with Crippen molar-refractivity contribution in [2.24, 2.45) is 0 Å². The fraction of sp³-hybridized carbons (Fsp3) is 0. The van der Waals surface area contributed by atoms with Crippen LogP contribution < -0.4 is 11.1 Å². The zero-order valence-corrected chi connectivity index (χ0v) is 13.6. The Morgan fingerprint density at radius 3 is 2.62 bits per heavy atom. The van der Waals surface area contributed by atoms with Gasteiger partial charge in [-0.05, 0) is 30.3 Å². The van der Waals surface area contributed by atoms with Crippen LogP contribution in [-0.4, -0.2) is 25.8 Å². The van der Waals surface area contributed by atoms with Gasteiger partial charge in [-0.25, -0.2) is 15.0 Å². The van der Waals surface area contributed by atoms with Gasteiger partial charge >= 0.3 is 0 Å². The molecule has 0 unspecified atom stereocenters. The van der Waals surface area contributed by atoms with E-state index in [1.807, 2.05) is 0 Å². The zero-order chi connectivity index (χ0) is 17.1. The Kier molecular flexibility index (Phi) is 4.54. The Hall–Kier alpha value is -2.77. The van der Waals surface area contributed by atoms with Crippen molar-refractivity contribution in [3.63, 3.8) is 0 Å². The highest BCUT2D eigenvalue weighted by atomic mass is 35.5. The molecule has 0 atom stereocenters. The number of amides is 1. The van der Waals surface area contributed by atoms with E-state index >= 15 is 0 Å². The standard InChI is InChI=1S/C15H10Cl2N6O/c16-10-2-1-8(5-11(10)17)13-20-7-21-15(22-13)23-14(24)9-3-4-19-12(18)6-9/h1-7H,(H2,18,19)(H,20,21,22,23,24). The van der Waals surface area contributed by atoms with Gasteiger partial charge in [0.1, 0.15) is 12.1 Å². The van der Waals surface area contributed by atoms with Crippen molar-refractivity contribution in [3.05, 3.63) is 58.5 Å². The summed E-state index contributed by atoms with van der Waals surface area (Å²) in [6.45, 7) is 0. The Balaban J connectivity index is 1.85. The second kappa shape index (κ2) is 6.77. The van der Waals surface area contributed by atoms with Crippen molar-refractivity contribution in [1.29, 1.82) is 0 Å². The first-order chi connectivity index (χ1) is 11.5. The minimum atomic E-state index is -0.407. The van der Waals surface area contributed by atoms with Crippen molar-refractivity contribution >= 4 is 40.9 Å². The second-order valence-electron chi connectivity index (χ2n) is 4.69. The van der Waals surface area contributed by atoms with Crippen LogP contribution in [0.25, 0.3) is 11.4 Å². The number of aromatic nitrogens is 4. The van der Waals surface area contributed by atoms with Gasteiger partial charge in [-0.15, -0.1) is 0 Å². The summed E-state index contributed by atoms with van der Waals surface area (Å²) in [5.41, 5.74) is 6.56. The Morgan fingerprint density at radius 1 is 1.04 bits per heavy atom. The van der Waals surface area contributed by atoms with Crippen molar-refractivity contribution in [3.8, 4) is 11.4 Å². The molecular formula is C15H10Cl2N6O. The topological polar surface area (TPSA) is 107 Å². The molecule has 2 aromatic heterocycles. The number of nitrogen functional groups attached to an aromatic ring is 1. The lowest BCUT2D eigenvalue weighted by Gasteiger charge is -2.06. The number of pyridine rings is 1. The summed E-state index contributed by atoms with van der Waals surface area (Å²) >= 11 is 11.9. The number of anilines is 2. The molecule has 1 aromatic carbocycles. The van der Waals surface area contributed by atoms with E-state index in [1.165, 1.54) is 24.7 Å². The number of nitrogens with two attached hydrogens (primary N) is 1. The highest BCUT2D eigenvalue weighted by molar-refractivity contribution is 6.42. The number of nitrogens with one attached hydrogen (secondary N) is 1. The third-order valence-electron chi connectivity index (χ3n) is 3.02. The molecule has 1 amide bonds. The maximum absolute atomic E-state index is 12.2. The van der Waals surface area contributed by atoms with Gasteiger partial charge in [0.25, 0.3) is 5.91 Å². The average molecular weight is 361 g/mol. The fourth-order valence-electron chi connectivity index (χ4n) is 1.89. The van der Waals surface area contributed by atoms with Gasteiger partial charge in [0.2, 0.25) is 5.95 Å². The Morgan fingerprint density at radius 2 is 1.88 bits per heavy atom. The molecule has 0 aliphatic rings. The van der Waals surface area contributed by atoms with Gasteiger partial charge in [0.05, 0.1) is 10.0 Å². The van der Waals surface area contributed by atoms with Gasteiger partial charge in [-0.3, -0.25) is 10.1 Å². The molecule has 0 aliphatic carbocycles. The lowest BCUT2D eigenvalue weighted by Crippen LogP contribution is -2.15. The summed E-state index contributed by atoms with van der Waals surface area (Å²) in [4.78, 5) is 28.2. The predicted molar refractivity (Wildman–Crippen MR) is 91.9 cm³/mol. The molecule has 9 heteroatoms. The first kappa shape index (κ1) is 16.1. The molecule has 3 rings (SSSR count). The van der Waals surface area contributed by atoms with E-state index in [0.29, 0.717) is 27.0 Å². The summed E-state index contributed by atoms with van der Waals surface area (Å²) in [6.07, 6.45) is 2.74. The zero-order valence-electron chi connectivity index (χ0n) is 12.1. The first-order valence-electron chi connectivity index (χ1n) is 6.70. The van der Waals surface area contributed by atoms with E-state index in [9.17, 15) is 4.79 Å². The number of halogens is 2. The lowest BCUT2D eigenvalue weighted by atomic mass is 10.2. The first-order valence-corrected chi connectivity index (χ1v) is 7.46. The lowest BCUT2D eigenvalue weighted by molar-refractivity contribution is 0.102. The second-order valence-corrected chi connectivity index (χ2v) is 5.50. The highest BCUT2D eigenvalue weighted by Gasteiger charge is 2.11. The molecule has 0 fully saturated rings. The molecule has 7 nitrogen and oxygen atoms in total. The van der Waals surface area contributed by atoms with Crippen molar-refractivity contribution in [2.75, 3.05) is 11.1 Å². The van der Waals surface area contributed by atoms with Gasteiger partial charge in [-0.1, -0.05) is 23.2 Å². The fourth-order valence-corrected chi connectivity index (χ4v) is 2.19.